The molecule has 1 rings (SSSR count). The first-order valence-electron chi connectivity index (χ1n) is 14.8. The molecule has 0 aliphatic heterocycles. The van der Waals surface area contributed by atoms with Crippen LogP contribution >= 0.6 is 0 Å². The van der Waals surface area contributed by atoms with Crippen LogP contribution in [0.4, 0.5) is 11.4 Å². The van der Waals surface area contributed by atoms with Crippen molar-refractivity contribution in [1.29, 1.82) is 0 Å². The highest BCUT2D eigenvalue weighted by molar-refractivity contribution is 5.98. The number of nitrogens with one attached hydrogen (secondary N) is 2. The van der Waals surface area contributed by atoms with E-state index < -0.39 is 0 Å². The van der Waals surface area contributed by atoms with Crippen molar-refractivity contribution < 1.29 is 14.7 Å². The molecule has 0 heterocycles. The molecular formula is C31H54N2O3. The first kappa shape index (κ1) is 32.0. The molecule has 36 heavy (non-hydrogen) atoms. The topological polar surface area (TPSA) is 78.4 Å². The van der Waals surface area contributed by atoms with Crippen molar-refractivity contribution in [3.05, 3.63) is 16.7 Å². The highest BCUT2D eigenvalue weighted by Crippen LogP contribution is 2.39. The Morgan fingerprint density at radius 3 is 1.31 bits per heavy atom. The van der Waals surface area contributed by atoms with E-state index in [2.05, 4.69) is 24.5 Å². The van der Waals surface area contributed by atoms with Crippen LogP contribution in [0.3, 0.4) is 0 Å². The molecule has 0 bridgehead atoms. The summed E-state index contributed by atoms with van der Waals surface area (Å²) in [7, 11) is 0. The third kappa shape index (κ3) is 12.3. The number of aromatic hydroxyl groups is 1. The molecule has 0 unspecified atom stereocenters. The Bertz CT molecular complexity index is 728. The minimum absolute atomic E-state index is 0.00603. The van der Waals surface area contributed by atoms with Gasteiger partial charge < -0.3 is 15.7 Å². The molecule has 0 radical (unpaired) electrons. The van der Waals surface area contributed by atoms with Gasteiger partial charge in [-0.3, -0.25) is 9.59 Å². The Morgan fingerprint density at radius 2 is 0.889 bits per heavy atom. The molecule has 1 aromatic carbocycles. The second kappa shape index (κ2) is 19.1. The van der Waals surface area contributed by atoms with Crippen LogP contribution in [0, 0.1) is 20.8 Å². The summed E-state index contributed by atoms with van der Waals surface area (Å²) in [5, 5.41) is 16.7. The summed E-state index contributed by atoms with van der Waals surface area (Å²) in [4.78, 5) is 25.2. The van der Waals surface area contributed by atoms with E-state index in [0.717, 1.165) is 31.2 Å². The number of carbonyl (C=O) groups is 2. The maximum atomic E-state index is 12.6. The zero-order valence-electron chi connectivity index (χ0n) is 24.0. The quantitative estimate of drug-likeness (QED) is 0.0944. The predicted octanol–water partition coefficient (Wildman–Crippen LogP) is 9.26. The van der Waals surface area contributed by atoms with Gasteiger partial charge in [0.15, 0.2) is 0 Å². The first-order valence-corrected chi connectivity index (χ1v) is 14.8. The van der Waals surface area contributed by atoms with Crippen molar-refractivity contribution in [3.8, 4) is 5.75 Å². The largest absolute Gasteiger partial charge is 0.505 e. The lowest BCUT2D eigenvalue weighted by Crippen LogP contribution is -2.17. The summed E-state index contributed by atoms with van der Waals surface area (Å²) in [6, 6.07) is 0. The van der Waals surface area contributed by atoms with E-state index in [0.29, 0.717) is 35.3 Å². The van der Waals surface area contributed by atoms with E-state index in [1.807, 2.05) is 20.8 Å². The molecule has 2 amide bonds. The van der Waals surface area contributed by atoms with Crippen LogP contribution in [0.15, 0.2) is 0 Å². The van der Waals surface area contributed by atoms with Gasteiger partial charge in [0.1, 0.15) is 5.75 Å². The van der Waals surface area contributed by atoms with Crippen LogP contribution in [0.2, 0.25) is 0 Å². The number of rotatable bonds is 20. The fraction of sp³-hybridized carbons (Fsp3) is 0.742. The fourth-order valence-corrected chi connectivity index (χ4v) is 4.72. The van der Waals surface area contributed by atoms with E-state index in [-0.39, 0.29) is 17.6 Å². The van der Waals surface area contributed by atoms with E-state index >= 15 is 0 Å². The maximum absolute atomic E-state index is 12.6. The van der Waals surface area contributed by atoms with Gasteiger partial charge in [-0.15, -0.1) is 0 Å². The number of phenolic OH excluding ortho intramolecular Hbond substituents is 1. The van der Waals surface area contributed by atoms with Crippen LogP contribution in [-0.2, 0) is 9.59 Å². The molecule has 3 N–H and O–H groups in total. The Morgan fingerprint density at radius 1 is 0.528 bits per heavy atom. The monoisotopic (exact) mass is 502 g/mol. The third-order valence-corrected chi connectivity index (χ3v) is 7.32. The standard InChI is InChI=1S/C31H54N2O3/c1-6-8-10-12-14-16-18-20-22-27(34)32-29-24(3)25(4)31(36)30(26(29)5)33-28(35)23-21-19-17-15-13-11-9-7-2/h36H,6-23H2,1-5H3,(H,32,34)(H,33,35). The molecule has 0 aliphatic carbocycles. The van der Waals surface area contributed by atoms with Crippen molar-refractivity contribution in [1.82, 2.24) is 0 Å². The summed E-state index contributed by atoms with van der Waals surface area (Å²) in [6.45, 7) is 10.0. The van der Waals surface area contributed by atoms with Gasteiger partial charge in [-0.25, -0.2) is 0 Å². The number of carbonyl (C=O) groups excluding carboxylic acids is 2. The normalized spacial score (nSPS) is 11.0. The summed E-state index contributed by atoms with van der Waals surface area (Å²) >= 11 is 0. The summed E-state index contributed by atoms with van der Waals surface area (Å²) in [5.41, 5.74) is 3.37. The number of hydrogen-bond donors (Lipinski definition) is 3. The van der Waals surface area contributed by atoms with Crippen molar-refractivity contribution in [3.63, 3.8) is 0 Å². The summed E-state index contributed by atoms with van der Waals surface area (Å²) in [6.07, 6.45) is 20.0. The van der Waals surface area contributed by atoms with Gasteiger partial charge in [0.05, 0.1) is 5.69 Å². The fourth-order valence-electron chi connectivity index (χ4n) is 4.72. The molecular weight excluding hydrogens is 448 g/mol. The van der Waals surface area contributed by atoms with Crippen molar-refractivity contribution in [2.75, 3.05) is 10.6 Å². The van der Waals surface area contributed by atoms with Crippen LogP contribution in [0.25, 0.3) is 0 Å². The average Bonchev–Trinajstić information content (AvgIpc) is 2.86. The number of hydrogen-bond acceptors (Lipinski definition) is 3. The molecule has 5 heteroatoms. The van der Waals surface area contributed by atoms with E-state index in [4.69, 9.17) is 0 Å². The molecule has 5 nitrogen and oxygen atoms in total. The zero-order valence-corrected chi connectivity index (χ0v) is 24.0. The lowest BCUT2D eigenvalue weighted by molar-refractivity contribution is -0.117. The van der Waals surface area contributed by atoms with Crippen LogP contribution in [-0.4, -0.2) is 16.9 Å². The zero-order chi connectivity index (χ0) is 26.8. The van der Waals surface area contributed by atoms with Gasteiger partial charge in [0.25, 0.3) is 0 Å². The number of phenols is 1. The van der Waals surface area contributed by atoms with Crippen molar-refractivity contribution in [2.24, 2.45) is 0 Å². The minimum Gasteiger partial charge on any atom is -0.505 e. The van der Waals surface area contributed by atoms with Gasteiger partial charge in [-0.2, -0.15) is 0 Å². The molecule has 0 spiro atoms. The summed E-state index contributed by atoms with van der Waals surface area (Å²) in [5.74, 6) is 0.00248. The Hall–Kier alpha value is -2.04. The van der Waals surface area contributed by atoms with E-state index in [1.165, 1.54) is 77.0 Å². The van der Waals surface area contributed by atoms with Gasteiger partial charge in [-0.1, -0.05) is 104 Å². The molecule has 0 fully saturated rings. The highest BCUT2D eigenvalue weighted by atomic mass is 16.3. The lowest BCUT2D eigenvalue weighted by Gasteiger charge is -2.20. The number of amides is 2. The van der Waals surface area contributed by atoms with Gasteiger partial charge in [0, 0.05) is 24.1 Å². The summed E-state index contributed by atoms with van der Waals surface area (Å²) < 4.78 is 0. The molecule has 0 saturated carbocycles. The smallest absolute Gasteiger partial charge is 0.224 e. The van der Waals surface area contributed by atoms with Gasteiger partial charge in [-0.05, 0) is 44.7 Å². The van der Waals surface area contributed by atoms with Gasteiger partial charge >= 0.3 is 0 Å². The Balaban J connectivity index is 2.55. The molecule has 0 aromatic heterocycles. The van der Waals surface area contributed by atoms with Crippen molar-refractivity contribution >= 4 is 23.2 Å². The third-order valence-electron chi connectivity index (χ3n) is 7.32. The molecule has 0 aliphatic rings. The highest BCUT2D eigenvalue weighted by Gasteiger charge is 2.20. The number of benzene rings is 1. The van der Waals surface area contributed by atoms with Crippen LogP contribution in [0.1, 0.15) is 146 Å². The molecule has 206 valence electrons. The molecule has 0 atom stereocenters. The maximum Gasteiger partial charge on any atom is 0.224 e. The lowest BCUT2D eigenvalue weighted by atomic mass is 9.99. The average molecular weight is 503 g/mol. The minimum atomic E-state index is -0.0844. The second-order valence-electron chi connectivity index (χ2n) is 10.5. The second-order valence-corrected chi connectivity index (χ2v) is 10.5. The first-order chi connectivity index (χ1) is 17.3. The number of anilines is 2. The van der Waals surface area contributed by atoms with E-state index in [1.54, 1.807) is 0 Å². The van der Waals surface area contributed by atoms with E-state index in [9.17, 15) is 14.7 Å². The van der Waals surface area contributed by atoms with Crippen molar-refractivity contribution in [2.45, 2.75) is 150 Å². The van der Waals surface area contributed by atoms with Crippen LogP contribution in [0.5, 0.6) is 5.75 Å². The molecule has 1 aromatic rings. The Kier molecular flexibility index (Phi) is 17.0. The SMILES string of the molecule is CCCCCCCCCCC(=O)Nc1c(C)c(C)c(O)c(NC(=O)CCCCCCCCCC)c1C. The van der Waals surface area contributed by atoms with Gasteiger partial charge in [0.2, 0.25) is 11.8 Å². The van der Waals surface area contributed by atoms with Crippen LogP contribution < -0.4 is 10.6 Å². The number of unbranched alkanes of at least 4 members (excludes halogenated alkanes) is 14. The molecule has 0 saturated heterocycles. The Labute approximate surface area is 221 Å². The predicted molar refractivity (Wildman–Crippen MR) is 154 cm³/mol.